The summed E-state index contributed by atoms with van der Waals surface area (Å²) in [6.45, 7) is 2.10. The van der Waals surface area contributed by atoms with Crippen LogP contribution in [0.15, 0.2) is 59.8 Å². The quantitative estimate of drug-likeness (QED) is 0.674. The monoisotopic (exact) mass is 387 g/mol. The average Bonchev–Trinajstić information content (AvgIpc) is 3.12. The van der Waals surface area contributed by atoms with Crippen LogP contribution in [0.4, 0.5) is 0 Å². The molecule has 142 valence electrons. The number of ether oxygens (including phenoxy) is 2. The maximum absolute atomic E-state index is 12.6. The Labute approximate surface area is 158 Å². The van der Waals surface area contributed by atoms with Crippen molar-refractivity contribution in [2.75, 3.05) is 14.2 Å². The molecule has 3 rings (SSSR count). The molecule has 1 aromatic heterocycles. The third-order valence-electron chi connectivity index (χ3n) is 4.17. The fourth-order valence-corrected chi connectivity index (χ4v) is 3.70. The molecular formula is C19H21N3O4S. The first-order chi connectivity index (χ1) is 12.9. The molecule has 1 heterocycles. The molecule has 0 saturated carbocycles. The van der Waals surface area contributed by atoms with Crippen molar-refractivity contribution >= 4 is 10.0 Å². The normalized spacial score (nSPS) is 11.4. The maximum Gasteiger partial charge on any atom is 0.241 e. The van der Waals surface area contributed by atoms with Gasteiger partial charge in [0.05, 0.1) is 19.1 Å². The topological polar surface area (TPSA) is 82.5 Å². The van der Waals surface area contributed by atoms with Crippen molar-refractivity contribution in [3.63, 3.8) is 0 Å². The summed E-state index contributed by atoms with van der Waals surface area (Å²) in [5.41, 5.74) is 1.82. The number of aryl methyl sites for hydroxylation is 1. The molecule has 27 heavy (non-hydrogen) atoms. The number of imidazole rings is 1. The Kier molecular flexibility index (Phi) is 5.48. The van der Waals surface area contributed by atoms with E-state index in [0.717, 1.165) is 17.1 Å². The summed E-state index contributed by atoms with van der Waals surface area (Å²) < 4.78 is 40.0. The highest BCUT2D eigenvalue weighted by Gasteiger charge is 2.16. The third-order valence-corrected chi connectivity index (χ3v) is 5.57. The van der Waals surface area contributed by atoms with E-state index in [0.29, 0.717) is 11.5 Å². The van der Waals surface area contributed by atoms with Gasteiger partial charge in [0.25, 0.3) is 0 Å². The van der Waals surface area contributed by atoms with Crippen LogP contribution in [-0.4, -0.2) is 32.2 Å². The fraction of sp³-hybridized carbons (Fsp3) is 0.211. The van der Waals surface area contributed by atoms with E-state index in [4.69, 9.17) is 9.47 Å². The van der Waals surface area contributed by atoms with E-state index in [9.17, 15) is 8.42 Å². The van der Waals surface area contributed by atoms with Gasteiger partial charge in [-0.15, -0.1) is 0 Å². The van der Waals surface area contributed by atoms with Crippen LogP contribution in [0.2, 0.25) is 0 Å². The number of nitrogens with zero attached hydrogens (tertiary/aromatic N) is 2. The summed E-state index contributed by atoms with van der Waals surface area (Å²) in [6, 6.07) is 12.1. The van der Waals surface area contributed by atoms with Crippen molar-refractivity contribution in [2.24, 2.45) is 0 Å². The molecule has 0 saturated heterocycles. The minimum atomic E-state index is -3.68. The molecule has 0 aliphatic heterocycles. The average molecular weight is 387 g/mol. The van der Waals surface area contributed by atoms with Gasteiger partial charge in [0.2, 0.25) is 10.0 Å². The molecular weight excluding hydrogens is 366 g/mol. The Morgan fingerprint density at radius 3 is 2.33 bits per heavy atom. The molecule has 0 unspecified atom stereocenters. The Hall–Kier alpha value is -2.84. The van der Waals surface area contributed by atoms with E-state index >= 15 is 0 Å². The number of aromatic nitrogens is 2. The van der Waals surface area contributed by atoms with Gasteiger partial charge in [0.1, 0.15) is 5.82 Å². The first-order valence-corrected chi connectivity index (χ1v) is 9.74. The maximum atomic E-state index is 12.6. The molecule has 0 radical (unpaired) electrons. The van der Waals surface area contributed by atoms with Crippen LogP contribution in [0.1, 0.15) is 11.4 Å². The van der Waals surface area contributed by atoms with E-state index in [1.807, 2.05) is 42.0 Å². The Balaban J connectivity index is 1.73. The first-order valence-electron chi connectivity index (χ1n) is 8.25. The van der Waals surface area contributed by atoms with Crippen LogP contribution < -0.4 is 14.2 Å². The molecule has 0 atom stereocenters. The molecule has 0 bridgehead atoms. The summed E-state index contributed by atoms with van der Waals surface area (Å²) >= 11 is 0. The second-order valence-electron chi connectivity index (χ2n) is 5.85. The number of rotatable bonds is 7. The lowest BCUT2D eigenvalue weighted by atomic mass is 10.2. The van der Waals surface area contributed by atoms with Gasteiger partial charge in [0.15, 0.2) is 11.5 Å². The van der Waals surface area contributed by atoms with Crippen LogP contribution in [0.3, 0.4) is 0 Å². The van der Waals surface area contributed by atoms with Gasteiger partial charge in [-0.3, -0.25) is 0 Å². The zero-order valence-corrected chi connectivity index (χ0v) is 16.2. The van der Waals surface area contributed by atoms with Crippen molar-refractivity contribution < 1.29 is 17.9 Å². The van der Waals surface area contributed by atoms with E-state index < -0.39 is 10.0 Å². The summed E-state index contributed by atoms with van der Waals surface area (Å²) in [4.78, 5) is 4.31. The molecule has 0 spiro atoms. The summed E-state index contributed by atoms with van der Waals surface area (Å²) in [6.07, 6.45) is 3.62. The van der Waals surface area contributed by atoms with E-state index in [1.165, 1.54) is 26.4 Å². The van der Waals surface area contributed by atoms with E-state index in [1.54, 1.807) is 12.3 Å². The Morgan fingerprint density at radius 2 is 1.74 bits per heavy atom. The Morgan fingerprint density at radius 1 is 1.04 bits per heavy atom. The molecule has 1 N–H and O–H groups in total. The first kappa shape index (κ1) is 18.9. The lowest BCUT2D eigenvalue weighted by Crippen LogP contribution is -2.23. The van der Waals surface area contributed by atoms with Crippen molar-refractivity contribution in [2.45, 2.75) is 18.4 Å². The molecule has 0 aliphatic carbocycles. The number of hydrogen-bond donors (Lipinski definition) is 1. The molecule has 0 fully saturated rings. The van der Waals surface area contributed by atoms with Gasteiger partial charge in [-0.1, -0.05) is 12.1 Å². The number of nitrogens with one attached hydrogen (secondary N) is 1. The van der Waals surface area contributed by atoms with E-state index in [2.05, 4.69) is 9.71 Å². The van der Waals surface area contributed by atoms with Crippen LogP contribution in [-0.2, 0) is 16.6 Å². The Bertz CT molecular complexity index is 1030. The highest BCUT2D eigenvalue weighted by molar-refractivity contribution is 7.89. The van der Waals surface area contributed by atoms with Crippen LogP contribution >= 0.6 is 0 Å². The van der Waals surface area contributed by atoms with Crippen LogP contribution in [0, 0.1) is 6.92 Å². The van der Waals surface area contributed by atoms with Crippen LogP contribution in [0.25, 0.3) is 5.69 Å². The minimum Gasteiger partial charge on any atom is -0.493 e. The predicted octanol–water partition coefficient (Wildman–Crippen LogP) is 2.68. The summed E-state index contributed by atoms with van der Waals surface area (Å²) in [7, 11) is -0.714. The molecule has 7 nitrogen and oxygen atoms in total. The highest BCUT2D eigenvalue weighted by Crippen LogP contribution is 2.29. The number of sulfonamides is 1. The number of benzene rings is 2. The molecule has 3 aromatic rings. The SMILES string of the molecule is COc1ccc(S(=O)(=O)NCc2ccc(-n3ccnc3C)cc2)cc1OC. The van der Waals surface area contributed by atoms with Gasteiger partial charge in [-0.05, 0) is 36.8 Å². The molecule has 0 amide bonds. The zero-order chi connectivity index (χ0) is 19.4. The van der Waals surface area contributed by atoms with Gasteiger partial charge < -0.3 is 14.0 Å². The van der Waals surface area contributed by atoms with Crippen molar-refractivity contribution in [3.05, 3.63) is 66.2 Å². The molecule has 0 aliphatic rings. The summed E-state index contributed by atoms with van der Waals surface area (Å²) in [5.74, 6) is 1.72. The summed E-state index contributed by atoms with van der Waals surface area (Å²) in [5, 5.41) is 0. The molecule has 2 aromatic carbocycles. The lowest BCUT2D eigenvalue weighted by Gasteiger charge is -2.11. The minimum absolute atomic E-state index is 0.116. The second-order valence-corrected chi connectivity index (χ2v) is 7.62. The largest absolute Gasteiger partial charge is 0.493 e. The lowest BCUT2D eigenvalue weighted by molar-refractivity contribution is 0.354. The highest BCUT2D eigenvalue weighted by atomic mass is 32.2. The van der Waals surface area contributed by atoms with Crippen molar-refractivity contribution in [3.8, 4) is 17.2 Å². The van der Waals surface area contributed by atoms with Gasteiger partial charge >= 0.3 is 0 Å². The van der Waals surface area contributed by atoms with Crippen LogP contribution in [0.5, 0.6) is 11.5 Å². The van der Waals surface area contributed by atoms with Gasteiger partial charge in [-0.2, -0.15) is 0 Å². The van der Waals surface area contributed by atoms with Gasteiger partial charge in [0, 0.05) is 30.7 Å². The second kappa shape index (κ2) is 7.81. The smallest absolute Gasteiger partial charge is 0.241 e. The zero-order valence-electron chi connectivity index (χ0n) is 15.3. The van der Waals surface area contributed by atoms with E-state index in [-0.39, 0.29) is 11.4 Å². The molecule has 8 heteroatoms. The van der Waals surface area contributed by atoms with Crippen molar-refractivity contribution in [1.29, 1.82) is 0 Å². The number of methoxy groups -OCH3 is 2. The predicted molar refractivity (Wildman–Crippen MR) is 102 cm³/mol. The standard InChI is InChI=1S/C19H21N3O4S/c1-14-20-10-11-22(14)16-6-4-15(5-7-16)13-21-27(23,24)17-8-9-18(25-2)19(12-17)26-3/h4-12,21H,13H2,1-3H3. The number of hydrogen-bond acceptors (Lipinski definition) is 5. The fourth-order valence-electron chi connectivity index (χ4n) is 2.67. The van der Waals surface area contributed by atoms with Crippen molar-refractivity contribution in [1.82, 2.24) is 14.3 Å². The van der Waals surface area contributed by atoms with Gasteiger partial charge in [-0.25, -0.2) is 18.1 Å². The third kappa shape index (κ3) is 4.12.